The summed E-state index contributed by atoms with van der Waals surface area (Å²) < 4.78 is 6.17. The first-order valence-corrected chi connectivity index (χ1v) is 11.5. The van der Waals surface area contributed by atoms with Gasteiger partial charge in [0.05, 0.1) is 9.95 Å². The van der Waals surface area contributed by atoms with Crippen molar-refractivity contribution in [1.29, 1.82) is 5.41 Å². The Bertz CT molecular complexity index is 1300. The number of nitrogens with one attached hydrogen (secondary N) is 1. The highest BCUT2D eigenvalue weighted by molar-refractivity contribution is 8.19. The molecular weight excluding hydrogens is 424 g/mol. The molecule has 0 unspecified atom stereocenters. The summed E-state index contributed by atoms with van der Waals surface area (Å²) >= 11 is 2.62. The van der Waals surface area contributed by atoms with Crippen molar-refractivity contribution in [2.75, 3.05) is 0 Å². The normalized spacial score (nSPS) is 17.5. The molecular formula is C25H18N2O2S2. The minimum absolute atomic E-state index is 0.0770. The first kappa shape index (κ1) is 19.7. The summed E-state index contributed by atoms with van der Waals surface area (Å²) in [5, 5.41) is 13.3. The van der Waals surface area contributed by atoms with Crippen LogP contribution in [0, 0.1) is 5.41 Å². The highest BCUT2D eigenvalue weighted by Crippen LogP contribution is 2.43. The predicted octanol–water partition coefficient (Wildman–Crippen LogP) is 6.29. The van der Waals surface area contributed by atoms with Gasteiger partial charge in [0.1, 0.15) is 23.3 Å². The Morgan fingerprint density at radius 2 is 1.84 bits per heavy atom. The molecule has 3 aromatic carbocycles. The van der Waals surface area contributed by atoms with E-state index in [9.17, 15) is 4.79 Å². The molecule has 152 valence electrons. The summed E-state index contributed by atoms with van der Waals surface area (Å²) in [7, 11) is 0. The van der Waals surface area contributed by atoms with Crippen molar-refractivity contribution in [3.8, 4) is 5.75 Å². The lowest BCUT2D eigenvalue weighted by Crippen LogP contribution is -2.11. The van der Waals surface area contributed by atoms with Crippen LogP contribution in [0.15, 0.2) is 83.2 Å². The first-order valence-electron chi connectivity index (χ1n) is 9.81. The third-order valence-electron chi connectivity index (χ3n) is 5.13. The van der Waals surface area contributed by atoms with Crippen molar-refractivity contribution in [2.24, 2.45) is 0 Å². The number of carbonyl (C=O) groups excluding carboxylic acids is 1. The van der Waals surface area contributed by atoms with Gasteiger partial charge in [-0.05, 0) is 28.5 Å². The third-order valence-corrected chi connectivity index (χ3v) is 6.96. The van der Waals surface area contributed by atoms with Gasteiger partial charge < -0.3 is 4.74 Å². The fraction of sp³-hybridized carbons (Fsp3) is 0.0800. The smallest absolute Gasteiger partial charge is 0.186 e. The Morgan fingerprint density at radius 1 is 1.03 bits per heavy atom. The van der Waals surface area contributed by atoms with Gasteiger partial charge in [-0.3, -0.25) is 10.2 Å². The van der Waals surface area contributed by atoms with Gasteiger partial charge >= 0.3 is 0 Å². The molecule has 1 saturated heterocycles. The topological polar surface area (TPSA) is 63.0 Å². The minimum atomic E-state index is -0.597. The molecule has 0 saturated carbocycles. The molecule has 4 aromatic rings. The van der Waals surface area contributed by atoms with Crippen LogP contribution < -0.4 is 4.74 Å². The molecule has 1 fully saturated rings. The molecule has 6 heteroatoms. The van der Waals surface area contributed by atoms with Crippen LogP contribution in [0.25, 0.3) is 16.8 Å². The van der Waals surface area contributed by atoms with E-state index >= 15 is 0 Å². The first-order chi connectivity index (χ1) is 15.2. The van der Waals surface area contributed by atoms with Crippen molar-refractivity contribution in [2.45, 2.75) is 12.5 Å². The van der Waals surface area contributed by atoms with E-state index in [1.807, 2.05) is 78.2 Å². The number of hydrogen-bond acceptors (Lipinski definition) is 6. The fourth-order valence-electron chi connectivity index (χ4n) is 3.61. The minimum Gasteiger partial charge on any atom is -0.488 e. The number of aromatic nitrogens is 1. The van der Waals surface area contributed by atoms with E-state index in [4.69, 9.17) is 10.1 Å². The van der Waals surface area contributed by atoms with E-state index in [1.54, 1.807) is 6.20 Å². The lowest BCUT2D eigenvalue weighted by Gasteiger charge is -2.13. The van der Waals surface area contributed by atoms with Crippen LogP contribution in [-0.2, 0) is 11.4 Å². The monoisotopic (exact) mass is 442 g/mol. The van der Waals surface area contributed by atoms with Gasteiger partial charge in [-0.1, -0.05) is 72.4 Å². The molecule has 0 bridgehead atoms. The number of thiazole rings is 1. The lowest BCUT2D eigenvalue weighted by atomic mass is 10.0. The molecule has 1 aromatic heterocycles. The summed E-state index contributed by atoms with van der Waals surface area (Å²) in [5.41, 5.74) is 1.93. The van der Waals surface area contributed by atoms with E-state index in [1.165, 1.54) is 23.1 Å². The number of ketones is 1. The van der Waals surface area contributed by atoms with Gasteiger partial charge in [-0.25, -0.2) is 4.98 Å². The number of allylic oxidation sites excluding steroid dienone is 1. The second kappa shape index (κ2) is 8.49. The molecule has 31 heavy (non-hydrogen) atoms. The zero-order valence-corrected chi connectivity index (χ0v) is 18.1. The predicted molar refractivity (Wildman–Crippen MR) is 128 cm³/mol. The SMILES string of the molecule is N=C1S/C(=C\c2c(OCc3ccccc3)ccc3ccccc23)C(=O)[C@@H]1c1nccs1. The van der Waals surface area contributed by atoms with E-state index in [0.717, 1.165) is 21.9 Å². The molecule has 1 aliphatic rings. The van der Waals surface area contributed by atoms with Gasteiger partial charge in [0.15, 0.2) is 5.78 Å². The number of carbonyl (C=O) groups is 1. The number of Topliss-reactive ketones (excluding diaryl/α,β-unsaturated/α-hetero) is 1. The summed E-state index contributed by atoms with van der Waals surface area (Å²) in [6.07, 6.45) is 3.55. The van der Waals surface area contributed by atoms with Crippen LogP contribution in [0.3, 0.4) is 0 Å². The average Bonchev–Trinajstić information content (AvgIpc) is 3.41. The molecule has 0 radical (unpaired) electrons. The zero-order chi connectivity index (χ0) is 21.2. The standard InChI is InChI=1S/C25H18N2O2S2/c26-24-22(25-27-12-13-30-25)23(28)21(31-24)14-19-18-9-5-4-8-17(18)10-11-20(19)29-15-16-6-2-1-3-7-16/h1-14,22,26H,15H2/b21-14-,26-24?/t22-/m0/s1. The molecule has 1 atom stereocenters. The van der Waals surface area contributed by atoms with E-state index in [2.05, 4.69) is 4.98 Å². The second-order valence-electron chi connectivity index (χ2n) is 7.12. The second-order valence-corrected chi connectivity index (χ2v) is 9.13. The van der Waals surface area contributed by atoms with Crippen LogP contribution >= 0.6 is 23.1 Å². The fourth-order valence-corrected chi connectivity index (χ4v) is 5.39. The van der Waals surface area contributed by atoms with Gasteiger partial charge in [0.2, 0.25) is 0 Å². The van der Waals surface area contributed by atoms with Crippen LogP contribution in [-0.4, -0.2) is 15.8 Å². The summed E-state index contributed by atoms with van der Waals surface area (Å²) in [6, 6.07) is 22.0. The summed E-state index contributed by atoms with van der Waals surface area (Å²) in [6.45, 7) is 0.438. The largest absolute Gasteiger partial charge is 0.488 e. The highest BCUT2D eigenvalue weighted by Gasteiger charge is 2.38. The van der Waals surface area contributed by atoms with Gasteiger partial charge in [-0.15, -0.1) is 11.3 Å². The zero-order valence-electron chi connectivity index (χ0n) is 16.4. The third kappa shape index (κ3) is 3.92. The molecule has 0 aliphatic carbocycles. The maximum absolute atomic E-state index is 13.1. The molecule has 4 nitrogen and oxygen atoms in total. The van der Waals surface area contributed by atoms with Crippen LogP contribution in [0.2, 0.25) is 0 Å². The molecule has 2 heterocycles. The number of benzene rings is 3. The van der Waals surface area contributed by atoms with Crippen LogP contribution in [0.5, 0.6) is 5.75 Å². The number of ether oxygens (including phenoxy) is 1. The van der Waals surface area contributed by atoms with Crippen molar-refractivity contribution in [3.05, 3.63) is 99.3 Å². The Balaban J connectivity index is 1.55. The van der Waals surface area contributed by atoms with Gasteiger partial charge in [0, 0.05) is 17.1 Å². The molecule has 1 aliphatic heterocycles. The maximum Gasteiger partial charge on any atom is 0.186 e. The summed E-state index contributed by atoms with van der Waals surface area (Å²) in [5.74, 6) is 0.0412. The molecule has 5 rings (SSSR count). The number of fused-ring (bicyclic) bond motifs is 1. The van der Waals surface area contributed by atoms with Gasteiger partial charge in [-0.2, -0.15) is 0 Å². The molecule has 0 amide bonds. The van der Waals surface area contributed by atoms with E-state index in [0.29, 0.717) is 27.3 Å². The average molecular weight is 443 g/mol. The van der Waals surface area contributed by atoms with Gasteiger partial charge in [0.25, 0.3) is 0 Å². The van der Waals surface area contributed by atoms with Crippen molar-refractivity contribution < 1.29 is 9.53 Å². The van der Waals surface area contributed by atoms with Crippen molar-refractivity contribution >= 4 is 50.8 Å². The van der Waals surface area contributed by atoms with Crippen LogP contribution in [0.4, 0.5) is 0 Å². The number of rotatable bonds is 5. The van der Waals surface area contributed by atoms with E-state index < -0.39 is 5.92 Å². The molecule has 0 spiro atoms. The lowest BCUT2D eigenvalue weighted by molar-refractivity contribution is -0.114. The van der Waals surface area contributed by atoms with Crippen molar-refractivity contribution in [3.63, 3.8) is 0 Å². The molecule has 1 N–H and O–H groups in total. The Labute approximate surface area is 188 Å². The number of thioether (sulfide) groups is 1. The highest BCUT2D eigenvalue weighted by atomic mass is 32.2. The Kier molecular flexibility index (Phi) is 5.40. The number of nitrogens with zero attached hydrogens (tertiary/aromatic N) is 1. The van der Waals surface area contributed by atoms with Crippen LogP contribution in [0.1, 0.15) is 22.1 Å². The number of hydrogen-bond donors (Lipinski definition) is 1. The maximum atomic E-state index is 13.1. The Hall–Kier alpha value is -3.22. The van der Waals surface area contributed by atoms with E-state index in [-0.39, 0.29) is 5.78 Å². The summed E-state index contributed by atoms with van der Waals surface area (Å²) in [4.78, 5) is 18.0. The quantitative estimate of drug-likeness (QED) is 0.369. The van der Waals surface area contributed by atoms with Crippen molar-refractivity contribution in [1.82, 2.24) is 4.98 Å². The Morgan fingerprint density at radius 3 is 2.65 bits per heavy atom.